The Morgan fingerprint density at radius 1 is 1.55 bits per heavy atom. The van der Waals surface area contributed by atoms with Gasteiger partial charge in [-0.1, -0.05) is 26.8 Å². The fraction of sp³-hybridized carbons (Fsp3) is 0.500. The molecule has 0 spiro atoms. The Hall–Kier alpha value is -0.850. The molecule has 0 saturated heterocycles. The molecule has 0 aliphatic heterocycles. The van der Waals surface area contributed by atoms with E-state index in [2.05, 4.69) is 38.0 Å². The molecule has 0 N–H and O–H groups in total. The highest BCUT2D eigenvalue weighted by molar-refractivity contribution is 5.17. The average Bonchev–Trinajstić information content (AvgIpc) is 2.06. The topological polar surface area (TPSA) is 12.9 Å². The van der Waals surface area contributed by atoms with Crippen LogP contribution >= 0.6 is 0 Å². The first kappa shape index (κ1) is 8.25. The minimum atomic E-state index is 0.217. The molecule has 0 aliphatic rings. The van der Waals surface area contributed by atoms with Gasteiger partial charge in [0.2, 0.25) is 0 Å². The maximum atomic E-state index is 3.97. The van der Waals surface area contributed by atoms with Gasteiger partial charge in [-0.25, -0.2) is 0 Å². The molecular formula is C10H14N. The van der Waals surface area contributed by atoms with Gasteiger partial charge in [0.25, 0.3) is 0 Å². The summed E-state index contributed by atoms with van der Waals surface area (Å²) in [4.78, 5) is 3.97. The van der Waals surface area contributed by atoms with Gasteiger partial charge in [-0.2, -0.15) is 0 Å². The first-order valence-corrected chi connectivity index (χ1v) is 4.00. The Kier molecular flexibility index (Phi) is 2.28. The Balaban J connectivity index is 2.93. The Labute approximate surface area is 68.5 Å². The van der Waals surface area contributed by atoms with Gasteiger partial charge in [0, 0.05) is 6.20 Å². The third kappa shape index (κ3) is 1.79. The zero-order chi connectivity index (χ0) is 8.32. The van der Waals surface area contributed by atoms with Crippen LogP contribution in [0, 0.1) is 6.20 Å². The van der Waals surface area contributed by atoms with Crippen LogP contribution in [0.25, 0.3) is 0 Å². The molecule has 0 fully saturated rings. The molecule has 0 aromatic carbocycles. The highest BCUT2D eigenvalue weighted by Crippen LogP contribution is 2.24. The van der Waals surface area contributed by atoms with Gasteiger partial charge in [0.1, 0.15) is 0 Å². The Bertz CT molecular complexity index is 214. The van der Waals surface area contributed by atoms with Gasteiger partial charge in [0.15, 0.2) is 0 Å². The SMILES string of the molecule is CCC(C)(C)c1[c]nccc1. The molecule has 1 heterocycles. The monoisotopic (exact) mass is 148 g/mol. The van der Waals surface area contributed by atoms with Crippen molar-refractivity contribution in [2.24, 2.45) is 0 Å². The lowest BCUT2D eigenvalue weighted by Gasteiger charge is -2.21. The van der Waals surface area contributed by atoms with Crippen LogP contribution in [0.5, 0.6) is 0 Å². The van der Waals surface area contributed by atoms with Gasteiger partial charge in [-0.05, 0) is 23.5 Å². The predicted molar refractivity (Wildman–Crippen MR) is 46.4 cm³/mol. The highest BCUT2D eigenvalue weighted by Gasteiger charge is 2.17. The van der Waals surface area contributed by atoms with Gasteiger partial charge in [-0.3, -0.25) is 4.98 Å². The lowest BCUT2D eigenvalue weighted by molar-refractivity contribution is 0.503. The van der Waals surface area contributed by atoms with E-state index in [1.165, 1.54) is 5.56 Å². The van der Waals surface area contributed by atoms with E-state index in [1.54, 1.807) is 6.20 Å². The van der Waals surface area contributed by atoms with Crippen molar-refractivity contribution in [1.82, 2.24) is 4.98 Å². The van der Waals surface area contributed by atoms with Gasteiger partial charge in [-0.15, -0.1) is 0 Å². The van der Waals surface area contributed by atoms with Crippen molar-refractivity contribution in [1.29, 1.82) is 0 Å². The summed E-state index contributed by atoms with van der Waals surface area (Å²) in [5, 5.41) is 0. The fourth-order valence-corrected chi connectivity index (χ4v) is 0.894. The second-order valence-corrected chi connectivity index (χ2v) is 3.40. The summed E-state index contributed by atoms with van der Waals surface area (Å²) in [5.41, 5.74) is 1.41. The molecule has 1 nitrogen and oxygen atoms in total. The zero-order valence-electron chi connectivity index (χ0n) is 7.39. The molecular weight excluding hydrogens is 134 g/mol. The van der Waals surface area contributed by atoms with Gasteiger partial charge in [0.05, 0.1) is 6.20 Å². The van der Waals surface area contributed by atoms with Crippen LogP contribution in [-0.2, 0) is 5.41 Å². The number of nitrogens with zero attached hydrogens (tertiary/aromatic N) is 1. The summed E-state index contributed by atoms with van der Waals surface area (Å²) in [5.74, 6) is 0. The molecule has 1 aromatic heterocycles. The van der Waals surface area contributed by atoms with Crippen LogP contribution in [0.15, 0.2) is 18.3 Å². The Morgan fingerprint density at radius 3 is 2.73 bits per heavy atom. The molecule has 0 unspecified atom stereocenters. The smallest absolute Gasteiger partial charge is 0.0926 e. The molecule has 1 rings (SSSR count). The number of rotatable bonds is 2. The summed E-state index contributed by atoms with van der Waals surface area (Å²) in [6.45, 7) is 6.60. The third-order valence-corrected chi connectivity index (χ3v) is 2.22. The van der Waals surface area contributed by atoms with Crippen LogP contribution in [-0.4, -0.2) is 4.98 Å². The molecule has 59 valence electrons. The van der Waals surface area contributed by atoms with Crippen molar-refractivity contribution in [3.63, 3.8) is 0 Å². The Morgan fingerprint density at radius 2 is 2.27 bits per heavy atom. The van der Waals surface area contributed by atoms with Crippen molar-refractivity contribution in [3.05, 3.63) is 30.1 Å². The quantitative estimate of drug-likeness (QED) is 0.628. The van der Waals surface area contributed by atoms with E-state index in [-0.39, 0.29) is 5.41 Å². The van der Waals surface area contributed by atoms with Crippen LogP contribution in [0.3, 0.4) is 0 Å². The van der Waals surface area contributed by atoms with E-state index in [4.69, 9.17) is 0 Å². The molecule has 1 aromatic rings. The van der Waals surface area contributed by atoms with E-state index < -0.39 is 0 Å². The standard InChI is InChI=1S/C10H14N/c1-4-10(2,3)9-6-5-7-11-8-9/h5-7H,4H2,1-3H3. The van der Waals surface area contributed by atoms with Crippen molar-refractivity contribution >= 4 is 0 Å². The molecule has 0 atom stereocenters. The van der Waals surface area contributed by atoms with E-state index in [0.29, 0.717) is 0 Å². The molecule has 0 bridgehead atoms. The van der Waals surface area contributed by atoms with Crippen molar-refractivity contribution in [3.8, 4) is 0 Å². The van der Waals surface area contributed by atoms with Crippen LogP contribution < -0.4 is 0 Å². The van der Waals surface area contributed by atoms with E-state index >= 15 is 0 Å². The third-order valence-electron chi connectivity index (χ3n) is 2.22. The van der Waals surface area contributed by atoms with Crippen LogP contribution in [0.4, 0.5) is 0 Å². The lowest BCUT2D eigenvalue weighted by Crippen LogP contribution is -2.15. The average molecular weight is 148 g/mol. The minimum Gasteiger partial charge on any atom is -0.254 e. The largest absolute Gasteiger partial charge is 0.254 e. The maximum absolute atomic E-state index is 3.97. The second kappa shape index (κ2) is 3.04. The van der Waals surface area contributed by atoms with Gasteiger partial charge < -0.3 is 0 Å². The van der Waals surface area contributed by atoms with Crippen LogP contribution in [0.2, 0.25) is 0 Å². The number of hydrogen-bond donors (Lipinski definition) is 0. The number of hydrogen-bond acceptors (Lipinski definition) is 1. The zero-order valence-corrected chi connectivity index (χ0v) is 7.39. The molecule has 0 amide bonds. The number of pyridine rings is 1. The van der Waals surface area contributed by atoms with Crippen molar-refractivity contribution in [2.75, 3.05) is 0 Å². The first-order chi connectivity index (χ1) is 5.17. The molecule has 0 saturated carbocycles. The molecule has 1 radical (unpaired) electrons. The lowest BCUT2D eigenvalue weighted by atomic mass is 9.83. The van der Waals surface area contributed by atoms with Crippen molar-refractivity contribution < 1.29 is 0 Å². The van der Waals surface area contributed by atoms with E-state index in [1.807, 2.05) is 6.07 Å². The predicted octanol–water partition coefficient (Wildman–Crippen LogP) is 2.57. The van der Waals surface area contributed by atoms with Gasteiger partial charge >= 0.3 is 0 Å². The molecule has 0 aliphatic carbocycles. The molecule has 1 heteroatoms. The second-order valence-electron chi connectivity index (χ2n) is 3.40. The summed E-state index contributed by atoms with van der Waals surface area (Å²) in [7, 11) is 0. The normalized spacial score (nSPS) is 11.5. The van der Waals surface area contributed by atoms with E-state index in [0.717, 1.165) is 6.42 Å². The first-order valence-electron chi connectivity index (χ1n) is 4.00. The summed E-state index contributed by atoms with van der Waals surface area (Å²) >= 11 is 0. The number of aromatic nitrogens is 1. The van der Waals surface area contributed by atoms with Crippen LogP contribution in [0.1, 0.15) is 32.8 Å². The van der Waals surface area contributed by atoms with Crippen molar-refractivity contribution in [2.45, 2.75) is 32.6 Å². The summed E-state index contributed by atoms with van der Waals surface area (Å²) < 4.78 is 0. The summed E-state index contributed by atoms with van der Waals surface area (Å²) in [6, 6.07) is 4.04. The minimum absolute atomic E-state index is 0.217. The summed E-state index contributed by atoms with van der Waals surface area (Å²) in [6.07, 6.45) is 5.89. The van der Waals surface area contributed by atoms with E-state index in [9.17, 15) is 0 Å². The fourth-order valence-electron chi connectivity index (χ4n) is 0.894. The molecule has 11 heavy (non-hydrogen) atoms. The highest BCUT2D eigenvalue weighted by atomic mass is 14.6. The maximum Gasteiger partial charge on any atom is 0.0926 e.